The first-order valence-corrected chi connectivity index (χ1v) is 7.67. The van der Waals surface area contributed by atoms with Crippen molar-refractivity contribution in [3.8, 4) is 11.3 Å². The summed E-state index contributed by atoms with van der Waals surface area (Å²) in [5.41, 5.74) is 2.84. The van der Waals surface area contributed by atoms with E-state index in [9.17, 15) is 4.79 Å². The molecule has 1 aromatic carbocycles. The van der Waals surface area contributed by atoms with E-state index in [1.807, 2.05) is 38.2 Å². The fraction of sp³-hybridized carbons (Fsp3) is 0.412. The van der Waals surface area contributed by atoms with E-state index in [1.54, 1.807) is 11.0 Å². The normalized spacial score (nSPS) is 15.0. The van der Waals surface area contributed by atoms with E-state index >= 15 is 0 Å². The van der Waals surface area contributed by atoms with Crippen LogP contribution in [0.1, 0.15) is 29.0 Å². The van der Waals surface area contributed by atoms with Crippen LogP contribution in [0.25, 0.3) is 11.3 Å². The highest BCUT2D eigenvalue weighted by Gasteiger charge is 2.25. The van der Waals surface area contributed by atoms with E-state index in [4.69, 9.17) is 4.52 Å². The molecule has 0 atom stereocenters. The van der Waals surface area contributed by atoms with Crippen LogP contribution in [-0.2, 0) is 0 Å². The van der Waals surface area contributed by atoms with Gasteiger partial charge in [0.25, 0.3) is 5.91 Å². The molecule has 6 heteroatoms. The van der Waals surface area contributed by atoms with E-state index in [-0.39, 0.29) is 24.4 Å². The summed E-state index contributed by atoms with van der Waals surface area (Å²) in [7, 11) is 1.84. The number of carbonyl (C=O) groups is 1. The van der Waals surface area contributed by atoms with Crippen molar-refractivity contribution in [3.63, 3.8) is 0 Å². The predicted molar refractivity (Wildman–Crippen MR) is 91.9 cm³/mol. The highest BCUT2D eigenvalue weighted by Crippen LogP contribution is 2.21. The molecular formula is C17H22ClN3O2. The average Bonchev–Trinajstić information content (AvgIpc) is 3.05. The van der Waals surface area contributed by atoms with E-state index < -0.39 is 0 Å². The molecule has 0 aliphatic carbocycles. The second kappa shape index (κ2) is 7.62. The van der Waals surface area contributed by atoms with Crippen molar-refractivity contribution in [2.75, 3.05) is 20.1 Å². The Hall–Kier alpha value is -1.85. The third-order valence-corrected chi connectivity index (χ3v) is 4.25. The summed E-state index contributed by atoms with van der Waals surface area (Å²) in [5, 5.41) is 7.33. The van der Waals surface area contributed by atoms with Crippen molar-refractivity contribution in [1.82, 2.24) is 15.4 Å². The lowest BCUT2D eigenvalue weighted by Crippen LogP contribution is -2.43. The van der Waals surface area contributed by atoms with Crippen LogP contribution in [-0.4, -0.2) is 42.1 Å². The number of aryl methyl sites for hydroxylation is 1. The van der Waals surface area contributed by atoms with Gasteiger partial charge in [-0.25, -0.2) is 0 Å². The number of carbonyl (C=O) groups excluding carboxylic acids is 1. The van der Waals surface area contributed by atoms with Crippen molar-refractivity contribution >= 4 is 18.3 Å². The zero-order valence-electron chi connectivity index (χ0n) is 13.4. The van der Waals surface area contributed by atoms with Gasteiger partial charge < -0.3 is 14.7 Å². The van der Waals surface area contributed by atoms with Gasteiger partial charge >= 0.3 is 0 Å². The van der Waals surface area contributed by atoms with Crippen LogP contribution < -0.4 is 5.32 Å². The first-order valence-electron chi connectivity index (χ1n) is 7.67. The van der Waals surface area contributed by atoms with Crippen LogP contribution in [0.3, 0.4) is 0 Å². The minimum atomic E-state index is -0.0993. The smallest absolute Gasteiger partial charge is 0.292 e. The molecule has 0 radical (unpaired) electrons. The topological polar surface area (TPSA) is 58.4 Å². The summed E-state index contributed by atoms with van der Waals surface area (Å²) in [6.07, 6.45) is 1.95. The molecule has 1 aromatic heterocycles. The van der Waals surface area contributed by atoms with Crippen LogP contribution in [0.2, 0.25) is 0 Å². The molecule has 3 rings (SSSR count). The number of hydrogen-bond acceptors (Lipinski definition) is 4. The Labute approximate surface area is 142 Å². The summed E-state index contributed by atoms with van der Waals surface area (Å²) in [5.74, 6) is 0.203. The van der Waals surface area contributed by atoms with Gasteiger partial charge in [-0.1, -0.05) is 35.0 Å². The van der Waals surface area contributed by atoms with Crippen molar-refractivity contribution < 1.29 is 9.32 Å². The molecule has 0 spiro atoms. The molecule has 1 aliphatic heterocycles. The Morgan fingerprint density at radius 3 is 2.57 bits per heavy atom. The molecule has 1 saturated heterocycles. The fourth-order valence-corrected chi connectivity index (χ4v) is 2.77. The molecule has 2 heterocycles. The van der Waals surface area contributed by atoms with Gasteiger partial charge in [-0.15, -0.1) is 12.4 Å². The zero-order valence-corrected chi connectivity index (χ0v) is 14.2. The second-order valence-corrected chi connectivity index (χ2v) is 5.84. The molecule has 0 bridgehead atoms. The molecular weight excluding hydrogens is 314 g/mol. The molecule has 1 amide bonds. The van der Waals surface area contributed by atoms with Crippen molar-refractivity contribution in [2.45, 2.75) is 25.8 Å². The summed E-state index contributed by atoms with van der Waals surface area (Å²) < 4.78 is 5.27. The van der Waals surface area contributed by atoms with E-state index in [2.05, 4.69) is 10.5 Å². The van der Waals surface area contributed by atoms with Crippen LogP contribution >= 0.6 is 12.4 Å². The highest BCUT2D eigenvalue weighted by atomic mass is 35.5. The Morgan fingerprint density at radius 2 is 1.91 bits per heavy atom. The van der Waals surface area contributed by atoms with Gasteiger partial charge in [0.2, 0.25) is 5.76 Å². The number of halogens is 1. The standard InChI is InChI=1S/C17H21N3O2.ClH/c1-12-3-5-13(6-4-12)15-11-16(22-19-15)17(21)20(2)14-7-9-18-10-8-14;/h3-6,11,14,18H,7-10H2,1-2H3;1H. The van der Waals surface area contributed by atoms with E-state index in [0.717, 1.165) is 31.5 Å². The van der Waals surface area contributed by atoms with Crippen LogP contribution in [0.15, 0.2) is 34.9 Å². The molecule has 1 aliphatic rings. The van der Waals surface area contributed by atoms with Gasteiger partial charge in [-0.05, 0) is 32.9 Å². The average molecular weight is 336 g/mol. The number of nitrogens with one attached hydrogen (secondary N) is 1. The van der Waals surface area contributed by atoms with Gasteiger partial charge in [-0.2, -0.15) is 0 Å². The lowest BCUT2D eigenvalue weighted by atomic mass is 10.0. The number of aromatic nitrogens is 1. The summed E-state index contributed by atoms with van der Waals surface area (Å²) in [6, 6.07) is 10.0. The van der Waals surface area contributed by atoms with Gasteiger partial charge in [0.15, 0.2) is 0 Å². The molecule has 1 N–H and O–H groups in total. The minimum absolute atomic E-state index is 0. The Balaban J connectivity index is 0.00000192. The summed E-state index contributed by atoms with van der Waals surface area (Å²) >= 11 is 0. The molecule has 0 unspecified atom stereocenters. The Kier molecular flexibility index (Phi) is 5.80. The highest BCUT2D eigenvalue weighted by molar-refractivity contribution is 5.92. The molecule has 124 valence electrons. The van der Waals surface area contributed by atoms with Crippen molar-refractivity contribution in [3.05, 3.63) is 41.7 Å². The first kappa shape index (κ1) is 17.5. The van der Waals surface area contributed by atoms with Crippen LogP contribution in [0.5, 0.6) is 0 Å². The lowest BCUT2D eigenvalue weighted by molar-refractivity contribution is 0.0661. The number of benzene rings is 1. The number of piperidine rings is 1. The fourth-order valence-electron chi connectivity index (χ4n) is 2.77. The molecule has 1 fully saturated rings. The predicted octanol–water partition coefficient (Wildman–Crippen LogP) is 2.90. The van der Waals surface area contributed by atoms with Crippen molar-refractivity contribution in [2.24, 2.45) is 0 Å². The number of rotatable bonds is 3. The number of hydrogen-bond donors (Lipinski definition) is 1. The van der Waals surface area contributed by atoms with Gasteiger partial charge in [0, 0.05) is 24.7 Å². The minimum Gasteiger partial charge on any atom is -0.350 e. The molecule has 0 saturated carbocycles. The van der Waals surface area contributed by atoms with Crippen molar-refractivity contribution in [1.29, 1.82) is 0 Å². The second-order valence-electron chi connectivity index (χ2n) is 5.84. The van der Waals surface area contributed by atoms with Crippen LogP contribution in [0, 0.1) is 6.92 Å². The Morgan fingerprint density at radius 1 is 1.26 bits per heavy atom. The Bertz CT molecular complexity index is 648. The lowest BCUT2D eigenvalue weighted by Gasteiger charge is -2.30. The summed E-state index contributed by atoms with van der Waals surface area (Å²) in [4.78, 5) is 14.3. The monoisotopic (exact) mass is 335 g/mol. The largest absolute Gasteiger partial charge is 0.350 e. The maximum absolute atomic E-state index is 12.5. The molecule has 5 nitrogen and oxygen atoms in total. The first-order chi connectivity index (χ1) is 10.6. The van der Waals surface area contributed by atoms with E-state index in [0.29, 0.717) is 11.5 Å². The quantitative estimate of drug-likeness (QED) is 0.937. The maximum atomic E-state index is 12.5. The van der Waals surface area contributed by atoms with Crippen LogP contribution in [0.4, 0.5) is 0 Å². The summed E-state index contributed by atoms with van der Waals surface area (Å²) in [6.45, 7) is 3.94. The van der Waals surface area contributed by atoms with E-state index in [1.165, 1.54) is 5.56 Å². The maximum Gasteiger partial charge on any atom is 0.292 e. The van der Waals surface area contributed by atoms with Gasteiger partial charge in [-0.3, -0.25) is 4.79 Å². The zero-order chi connectivity index (χ0) is 15.5. The van der Waals surface area contributed by atoms with Gasteiger partial charge in [0.1, 0.15) is 5.69 Å². The van der Waals surface area contributed by atoms with Gasteiger partial charge in [0.05, 0.1) is 0 Å². The molecule has 23 heavy (non-hydrogen) atoms. The molecule has 2 aromatic rings. The SMILES string of the molecule is Cc1ccc(-c2cc(C(=O)N(C)C3CCNCC3)on2)cc1.Cl. The number of amides is 1. The third kappa shape index (κ3) is 3.92. The third-order valence-electron chi connectivity index (χ3n) is 4.25. The number of nitrogens with zero attached hydrogens (tertiary/aromatic N) is 2.